The zero-order chi connectivity index (χ0) is 12.3. The van der Waals surface area contributed by atoms with Crippen molar-refractivity contribution in [1.29, 1.82) is 0 Å². The van der Waals surface area contributed by atoms with Crippen LogP contribution >= 0.6 is 0 Å². The molecule has 1 heterocycles. The Labute approximate surface area is 99.2 Å². The Morgan fingerprint density at radius 1 is 1.35 bits per heavy atom. The third-order valence-corrected chi connectivity index (χ3v) is 2.42. The van der Waals surface area contributed by atoms with Crippen LogP contribution in [0.1, 0.15) is 17.3 Å². The highest BCUT2D eigenvalue weighted by Crippen LogP contribution is 2.24. The van der Waals surface area contributed by atoms with Crippen molar-refractivity contribution in [2.75, 3.05) is 13.7 Å². The van der Waals surface area contributed by atoms with Gasteiger partial charge in [-0.3, -0.25) is 4.98 Å². The first kappa shape index (κ1) is 11.4. The quantitative estimate of drug-likeness (QED) is 0.761. The number of ether oxygens (including phenoxy) is 2. The van der Waals surface area contributed by atoms with Crippen LogP contribution in [0.2, 0.25) is 0 Å². The predicted molar refractivity (Wildman–Crippen MR) is 64.3 cm³/mol. The largest absolute Gasteiger partial charge is 0.493 e. The molecular formula is C13H13NO3. The number of fused-ring (bicyclic) bond motifs is 1. The summed E-state index contributed by atoms with van der Waals surface area (Å²) in [4.78, 5) is 15.6. The van der Waals surface area contributed by atoms with Crippen LogP contribution in [0.4, 0.5) is 0 Å². The van der Waals surface area contributed by atoms with Gasteiger partial charge >= 0.3 is 5.97 Å². The lowest BCUT2D eigenvalue weighted by Gasteiger charge is -2.07. The molecule has 0 aliphatic heterocycles. The molecule has 0 radical (unpaired) electrons. The van der Waals surface area contributed by atoms with Crippen LogP contribution in [0.25, 0.3) is 10.9 Å². The number of aromatic nitrogens is 1. The second-order valence-corrected chi connectivity index (χ2v) is 3.47. The van der Waals surface area contributed by atoms with Gasteiger partial charge in [-0.2, -0.15) is 0 Å². The fourth-order valence-electron chi connectivity index (χ4n) is 1.65. The van der Waals surface area contributed by atoms with E-state index in [2.05, 4.69) is 9.72 Å². The molecule has 2 aromatic rings. The van der Waals surface area contributed by atoms with Crippen molar-refractivity contribution < 1.29 is 14.3 Å². The Bertz CT molecular complexity index is 551. The van der Waals surface area contributed by atoms with Crippen molar-refractivity contribution in [1.82, 2.24) is 4.98 Å². The molecule has 0 aliphatic rings. The van der Waals surface area contributed by atoms with Gasteiger partial charge in [-0.15, -0.1) is 0 Å². The molecule has 4 heteroatoms. The van der Waals surface area contributed by atoms with Crippen LogP contribution in [0.3, 0.4) is 0 Å². The number of carbonyl (C=O) groups excluding carboxylic acids is 1. The molecule has 2 rings (SSSR count). The number of nitrogens with zero attached hydrogens (tertiary/aromatic N) is 1. The second-order valence-electron chi connectivity index (χ2n) is 3.47. The van der Waals surface area contributed by atoms with Gasteiger partial charge in [0, 0.05) is 11.6 Å². The Morgan fingerprint density at radius 2 is 2.18 bits per heavy atom. The Kier molecular flexibility index (Phi) is 3.23. The Balaban J connectivity index is 2.52. The molecule has 17 heavy (non-hydrogen) atoms. The molecule has 0 aliphatic carbocycles. The zero-order valence-electron chi connectivity index (χ0n) is 9.77. The first-order chi connectivity index (χ1) is 8.26. The van der Waals surface area contributed by atoms with E-state index in [1.54, 1.807) is 18.3 Å². The van der Waals surface area contributed by atoms with E-state index < -0.39 is 0 Å². The highest BCUT2D eigenvalue weighted by Gasteiger charge is 2.08. The van der Waals surface area contributed by atoms with Crippen molar-refractivity contribution in [3.05, 3.63) is 36.0 Å². The fraction of sp³-hybridized carbons (Fsp3) is 0.231. The van der Waals surface area contributed by atoms with Crippen LogP contribution in [0.15, 0.2) is 30.5 Å². The topological polar surface area (TPSA) is 48.4 Å². The van der Waals surface area contributed by atoms with E-state index in [0.717, 1.165) is 16.7 Å². The number of rotatable bonds is 3. The molecule has 0 spiro atoms. The van der Waals surface area contributed by atoms with E-state index in [9.17, 15) is 4.79 Å². The maximum atomic E-state index is 11.4. The maximum Gasteiger partial charge on any atom is 0.337 e. The van der Waals surface area contributed by atoms with Gasteiger partial charge in [-0.05, 0) is 31.2 Å². The number of methoxy groups -OCH3 is 1. The number of hydrogen-bond acceptors (Lipinski definition) is 4. The van der Waals surface area contributed by atoms with E-state index >= 15 is 0 Å². The monoisotopic (exact) mass is 231 g/mol. The van der Waals surface area contributed by atoms with Crippen LogP contribution < -0.4 is 4.74 Å². The summed E-state index contributed by atoms with van der Waals surface area (Å²) in [5.74, 6) is 0.407. The van der Waals surface area contributed by atoms with Gasteiger partial charge in [0.25, 0.3) is 0 Å². The Hall–Kier alpha value is -2.10. The summed E-state index contributed by atoms with van der Waals surface area (Å²) in [5, 5.41) is 0.891. The molecule has 0 bridgehead atoms. The van der Waals surface area contributed by atoms with Gasteiger partial charge < -0.3 is 9.47 Å². The Morgan fingerprint density at radius 3 is 2.88 bits per heavy atom. The van der Waals surface area contributed by atoms with Crippen molar-refractivity contribution in [3.63, 3.8) is 0 Å². The van der Waals surface area contributed by atoms with E-state index in [0.29, 0.717) is 12.2 Å². The summed E-state index contributed by atoms with van der Waals surface area (Å²) in [6.45, 7) is 2.52. The van der Waals surface area contributed by atoms with Crippen molar-refractivity contribution in [3.8, 4) is 5.75 Å². The predicted octanol–water partition coefficient (Wildman–Crippen LogP) is 2.42. The molecule has 0 atom stereocenters. The third-order valence-electron chi connectivity index (χ3n) is 2.42. The maximum absolute atomic E-state index is 11.4. The lowest BCUT2D eigenvalue weighted by Crippen LogP contribution is -2.01. The lowest BCUT2D eigenvalue weighted by atomic mass is 10.1. The van der Waals surface area contributed by atoms with Crippen LogP contribution in [0.5, 0.6) is 5.75 Å². The zero-order valence-corrected chi connectivity index (χ0v) is 9.77. The molecule has 1 aromatic carbocycles. The molecule has 88 valence electrons. The number of benzene rings is 1. The smallest absolute Gasteiger partial charge is 0.337 e. The molecule has 0 fully saturated rings. The van der Waals surface area contributed by atoms with Crippen molar-refractivity contribution in [2.45, 2.75) is 6.92 Å². The summed E-state index contributed by atoms with van der Waals surface area (Å²) in [6, 6.07) is 7.03. The molecule has 0 amide bonds. The number of hydrogen-bond donors (Lipinski definition) is 0. The number of esters is 1. The van der Waals surface area contributed by atoms with Crippen molar-refractivity contribution in [2.24, 2.45) is 0 Å². The molecule has 0 saturated carbocycles. The number of carbonyl (C=O) groups is 1. The summed E-state index contributed by atoms with van der Waals surface area (Å²) < 4.78 is 10.2. The second kappa shape index (κ2) is 4.82. The minimum Gasteiger partial charge on any atom is -0.493 e. The van der Waals surface area contributed by atoms with Gasteiger partial charge in [0.1, 0.15) is 5.75 Å². The van der Waals surface area contributed by atoms with Crippen molar-refractivity contribution >= 4 is 16.9 Å². The van der Waals surface area contributed by atoms with Gasteiger partial charge in [0.15, 0.2) is 0 Å². The van der Waals surface area contributed by atoms with Gasteiger partial charge in [-0.1, -0.05) is 0 Å². The molecular weight excluding hydrogens is 218 g/mol. The highest BCUT2D eigenvalue weighted by molar-refractivity contribution is 5.95. The van der Waals surface area contributed by atoms with Gasteiger partial charge in [-0.25, -0.2) is 4.79 Å². The van der Waals surface area contributed by atoms with Crippen LogP contribution in [-0.2, 0) is 4.74 Å². The molecule has 0 N–H and O–H groups in total. The molecule has 4 nitrogen and oxygen atoms in total. The standard InChI is InChI=1S/C13H13NO3/c1-3-17-12-6-7-14-11-8-9(13(15)16-2)4-5-10(11)12/h4-8H,3H2,1-2H3. The number of pyridine rings is 1. The summed E-state index contributed by atoms with van der Waals surface area (Å²) in [5.41, 5.74) is 1.21. The molecule has 0 saturated heterocycles. The lowest BCUT2D eigenvalue weighted by molar-refractivity contribution is 0.0601. The summed E-state index contributed by atoms with van der Waals surface area (Å²) in [6.07, 6.45) is 1.66. The first-order valence-corrected chi connectivity index (χ1v) is 5.36. The van der Waals surface area contributed by atoms with Crippen LogP contribution in [-0.4, -0.2) is 24.7 Å². The third kappa shape index (κ3) is 2.20. The van der Waals surface area contributed by atoms with E-state index in [1.807, 2.05) is 19.1 Å². The minimum atomic E-state index is -0.365. The summed E-state index contributed by atoms with van der Waals surface area (Å²) in [7, 11) is 1.36. The molecule has 0 unspecified atom stereocenters. The normalized spacial score (nSPS) is 10.2. The minimum absolute atomic E-state index is 0.365. The summed E-state index contributed by atoms with van der Waals surface area (Å²) >= 11 is 0. The van der Waals surface area contributed by atoms with E-state index in [1.165, 1.54) is 7.11 Å². The van der Waals surface area contributed by atoms with Crippen LogP contribution in [0, 0.1) is 0 Å². The highest BCUT2D eigenvalue weighted by atomic mass is 16.5. The SMILES string of the molecule is CCOc1ccnc2cc(C(=O)OC)ccc12. The van der Waals surface area contributed by atoms with E-state index in [4.69, 9.17) is 4.74 Å². The fourth-order valence-corrected chi connectivity index (χ4v) is 1.65. The van der Waals surface area contributed by atoms with Gasteiger partial charge in [0.2, 0.25) is 0 Å². The average Bonchev–Trinajstić information content (AvgIpc) is 2.38. The van der Waals surface area contributed by atoms with Gasteiger partial charge in [0.05, 0.1) is 24.8 Å². The molecule has 1 aromatic heterocycles. The van der Waals surface area contributed by atoms with E-state index in [-0.39, 0.29) is 5.97 Å². The average molecular weight is 231 g/mol. The first-order valence-electron chi connectivity index (χ1n) is 5.36.